The van der Waals surface area contributed by atoms with Gasteiger partial charge in [0.15, 0.2) is 0 Å². The van der Waals surface area contributed by atoms with Crippen molar-refractivity contribution < 1.29 is 19.1 Å². The minimum Gasteiger partial charge on any atom is -0.462 e. The van der Waals surface area contributed by atoms with Crippen LogP contribution in [-0.4, -0.2) is 23.6 Å². The maximum atomic E-state index is 14.0. The van der Waals surface area contributed by atoms with E-state index >= 15 is 0 Å². The maximum Gasteiger partial charge on any atom is 0.302 e. The number of hydrogen-bond donors (Lipinski definition) is 0. The fourth-order valence-electron chi connectivity index (χ4n) is 9.98. The minimum atomic E-state index is -0.343. The molecule has 192 valence electrons. The van der Waals surface area contributed by atoms with Gasteiger partial charge in [0.25, 0.3) is 0 Å². The molecule has 0 heterocycles. The number of Topliss-reactive ketones (excluding diaryl/α,β-unsaturated/α-hetero) is 2. The van der Waals surface area contributed by atoms with E-state index in [1.54, 1.807) is 6.92 Å². The zero-order valence-corrected chi connectivity index (χ0v) is 23.0. The zero-order chi connectivity index (χ0) is 25.3. The van der Waals surface area contributed by atoms with Crippen molar-refractivity contribution in [1.29, 1.82) is 0 Å². The van der Waals surface area contributed by atoms with Crippen LogP contribution in [0, 0.1) is 44.8 Å². The Bertz CT molecular complexity index is 875. The highest BCUT2D eigenvalue weighted by Gasteiger charge is 2.69. The third-order valence-corrected chi connectivity index (χ3v) is 12.2. The smallest absolute Gasteiger partial charge is 0.302 e. The lowest BCUT2D eigenvalue weighted by Crippen LogP contribution is -2.66. The van der Waals surface area contributed by atoms with E-state index in [9.17, 15) is 14.4 Å². The molecule has 4 heteroatoms. The Balaban J connectivity index is 1.64. The molecule has 0 amide bonds. The molecule has 0 aromatic carbocycles. The summed E-state index contributed by atoms with van der Waals surface area (Å²) in [5, 5.41) is 0. The van der Waals surface area contributed by atoms with Gasteiger partial charge in [-0.15, -0.1) is 0 Å². The second kappa shape index (κ2) is 8.17. The molecule has 4 aliphatic carbocycles. The Morgan fingerprint density at radius 3 is 2.12 bits per heavy atom. The van der Waals surface area contributed by atoms with Crippen molar-refractivity contribution in [3.63, 3.8) is 0 Å². The molecule has 4 aliphatic rings. The van der Waals surface area contributed by atoms with Crippen LogP contribution in [0.4, 0.5) is 0 Å². The molecule has 0 bridgehead atoms. The summed E-state index contributed by atoms with van der Waals surface area (Å²) in [5.74, 6) is 1.70. The quantitative estimate of drug-likeness (QED) is 0.416. The van der Waals surface area contributed by atoms with Crippen molar-refractivity contribution in [1.82, 2.24) is 0 Å². The molecule has 0 N–H and O–H groups in total. The summed E-state index contributed by atoms with van der Waals surface area (Å²) in [6, 6.07) is 0. The standard InChI is InChI=1S/C30H48O4/c1-19(31)11-14-27(5)17-18-29(7)21(25(27)33)9-10-23-28(6)15-13-24(34-20(2)32)26(3,4)22(28)12-16-30(23,29)8/h21-24H,9-18H2,1-8H3. The first-order valence-corrected chi connectivity index (χ1v) is 13.8. The molecule has 8 atom stereocenters. The molecule has 0 aromatic rings. The van der Waals surface area contributed by atoms with E-state index in [1.807, 2.05) is 0 Å². The number of carbonyl (C=O) groups is 3. The highest BCUT2D eigenvalue weighted by Crippen LogP contribution is 2.74. The topological polar surface area (TPSA) is 60.4 Å². The Morgan fingerprint density at radius 1 is 0.824 bits per heavy atom. The molecule has 0 saturated heterocycles. The molecule has 34 heavy (non-hydrogen) atoms. The van der Waals surface area contributed by atoms with Crippen LogP contribution < -0.4 is 0 Å². The van der Waals surface area contributed by atoms with E-state index in [0.29, 0.717) is 30.5 Å². The molecular weight excluding hydrogens is 424 g/mol. The largest absolute Gasteiger partial charge is 0.462 e. The van der Waals surface area contributed by atoms with Crippen LogP contribution in [0.2, 0.25) is 0 Å². The van der Waals surface area contributed by atoms with Crippen LogP contribution in [0.3, 0.4) is 0 Å². The van der Waals surface area contributed by atoms with Gasteiger partial charge in [0, 0.05) is 30.1 Å². The summed E-state index contributed by atoms with van der Waals surface area (Å²) in [4.78, 5) is 37.5. The van der Waals surface area contributed by atoms with E-state index in [0.717, 1.165) is 51.4 Å². The molecule has 0 spiro atoms. The number of hydrogen-bond acceptors (Lipinski definition) is 4. The first-order chi connectivity index (χ1) is 15.6. The Morgan fingerprint density at radius 2 is 1.50 bits per heavy atom. The second-order valence-corrected chi connectivity index (χ2v) is 14.2. The number of fused-ring (bicyclic) bond motifs is 5. The summed E-state index contributed by atoms with van der Waals surface area (Å²) in [6.07, 6.45) is 9.66. The van der Waals surface area contributed by atoms with Crippen LogP contribution >= 0.6 is 0 Å². The van der Waals surface area contributed by atoms with Crippen molar-refractivity contribution in [3.8, 4) is 0 Å². The normalized spacial score (nSPS) is 47.7. The molecule has 0 aliphatic heterocycles. The Kier molecular flexibility index (Phi) is 6.22. The second-order valence-electron chi connectivity index (χ2n) is 14.2. The van der Waals surface area contributed by atoms with E-state index in [-0.39, 0.29) is 50.8 Å². The predicted molar refractivity (Wildman–Crippen MR) is 134 cm³/mol. The number of ketones is 2. The first kappa shape index (κ1) is 25.9. The molecule has 0 radical (unpaired) electrons. The summed E-state index contributed by atoms with van der Waals surface area (Å²) in [5.41, 5.74) is -0.00808. The highest BCUT2D eigenvalue weighted by atomic mass is 16.5. The summed E-state index contributed by atoms with van der Waals surface area (Å²) in [6.45, 7) is 17.4. The molecule has 4 rings (SSSR count). The number of carbonyl (C=O) groups excluding carboxylic acids is 3. The van der Waals surface area contributed by atoms with Gasteiger partial charge in [0.2, 0.25) is 0 Å². The fraction of sp³-hybridized carbons (Fsp3) is 0.900. The molecule has 8 unspecified atom stereocenters. The number of rotatable bonds is 4. The van der Waals surface area contributed by atoms with Gasteiger partial charge in [-0.3, -0.25) is 9.59 Å². The third kappa shape index (κ3) is 3.55. The lowest BCUT2D eigenvalue weighted by Gasteiger charge is -2.71. The zero-order valence-electron chi connectivity index (χ0n) is 23.0. The van der Waals surface area contributed by atoms with Crippen LogP contribution in [0.15, 0.2) is 0 Å². The van der Waals surface area contributed by atoms with Crippen molar-refractivity contribution in [2.45, 2.75) is 126 Å². The van der Waals surface area contributed by atoms with Crippen LogP contribution in [-0.2, 0) is 19.1 Å². The molecular formula is C30H48O4. The summed E-state index contributed by atoms with van der Waals surface area (Å²) >= 11 is 0. The Labute approximate surface area is 207 Å². The summed E-state index contributed by atoms with van der Waals surface area (Å²) < 4.78 is 5.84. The van der Waals surface area contributed by atoms with Crippen molar-refractivity contribution in [3.05, 3.63) is 0 Å². The van der Waals surface area contributed by atoms with Gasteiger partial charge in [-0.05, 0) is 92.8 Å². The van der Waals surface area contributed by atoms with Gasteiger partial charge in [0.05, 0.1) is 0 Å². The first-order valence-electron chi connectivity index (χ1n) is 13.8. The van der Waals surface area contributed by atoms with Crippen molar-refractivity contribution in [2.75, 3.05) is 0 Å². The van der Waals surface area contributed by atoms with Crippen LogP contribution in [0.5, 0.6) is 0 Å². The van der Waals surface area contributed by atoms with Crippen LogP contribution in [0.1, 0.15) is 120 Å². The number of esters is 1. The monoisotopic (exact) mass is 472 g/mol. The van der Waals surface area contributed by atoms with E-state index in [2.05, 4.69) is 41.5 Å². The lowest BCUT2D eigenvalue weighted by atomic mass is 9.33. The van der Waals surface area contributed by atoms with E-state index in [1.165, 1.54) is 6.92 Å². The minimum absolute atomic E-state index is 0.00222. The third-order valence-electron chi connectivity index (χ3n) is 12.2. The number of ether oxygens (including phenoxy) is 1. The van der Waals surface area contributed by atoms with Crippen LogP contribution in [0.25, 0.3) is 0 Å². The Hall–Kier alpha value is -1.19. The van der Waals surface area contributed by atoms with Gasteiger partial charge in [-0.25, -0.2) is 0 Å². The highest BCUT2D eigenvalue weighted by molar-refractivity contribution is 5.89. The molecule has 0 aromatic heterocycles. The van der Waals surface area contributed by atoms with Crippen molar-refractivity contribution in [2.24, 2.45) is 44.8 Å². The predicted octanol–water partition coefficient (Wildman–Crippen LogP) is 6.93. The van der Waals surface area contributed by atoms with Gasteiger partial charge in [0.1, 0.15) is 17.7 Å². The maximum absolute atomic E-state index is 14.0. The van der Waals surface area contributed by atoms with Crippen molar-refractivity contribution >= 4 is 17.5 Å². The van der Waals surface area contributed by atoms with Gasteiger partial charge >= 0.3 is 5.97 Å². The SMILES string of the molecule is CC(=O)CCC1(C)CCC2(C)C(CCC3C4(C)CCC(OC(C)=O)C(C)(C)C4CCC32C)C1=O. The van der Waals surface area contributed by atoms with Gasteiger partial charge < -0.3 is 9.53 Å². The summed E-state index contributed by atoms with van der Waals surface area (Å²) in [7, 11) is 0. The lowest BCUT2D eigenvalue weighted by molar-refractivity contribution is -0.235. The molecule has 4 saturated carbocycles. The average molecular weight is 473 g/mol. The average Bonchev–Trinajstić information content (AvgIpc) is 2.73. The molecule has 4 nitrogen and oxygen atoms in total. The van der Waals surface area contributed by atoms with E-state index < -0.39 is 0 Å². The van der Waals surface area contributed by atoms with E-state index in [4.69, 9.17) is 4.74 Å². The van der Waals surface area contributed by atoms with Gasteiger partial charge in [-0.1, -0.05) is 41.5 Å². The van der Waals surface area contributed by atoms with Gasteiger partial charge in [-0.2, -0.15) is 0 Å². The molecule has 4 fully saturated rings. The fourth-order valence-corrected chi connectivity index (χ4v) is 9.98.